The number of carbonyl (C=O) groups excluding carboxylic acids is 2. The molecule has 0 spiro atoms. The van der Waals surface area contributed by atoms with E-state index in [0.717, 1.165) is 0 Å². The Bertz CT molecular complexity index is 557. The maximum Gasteiger partial charge on any atom is 0.340 e. The van der Waals surface area contributed by atoms with Crippen LogP contribution in [-0.4, -0.2) is 24.1 Å². The average Bonchev–Trinajstić information content (AvgIpc) is 2.45. The molecule has 1 aromatic carbocycles. The third-order valence-corrected chi connectivity index (χ3v) is 4.33. The Morgan fingerprint density at radius 1 is 1.00 bits per heavy atom. The Morgan fingerprint density at radius 3 is 2.00 bits per heavy atom. The highest BCUT2D eigenvalue weighted by Gasteiger charge is 2.25. The van der Waals surface area contributed by atoms with Gasteiger partial charge in [-0.25, -0.2) is 9.59 Å². The zero-order chi connectivity index (χ0) is 16.9. The fourth-order valence-electron chi connectivity index (χ4n) is 1.60. The molecule has 1 rings (SSSR count). The number of benzene rings is 1. The number of ether oxygens (including phenoxy) is 2. The van der Waals surface area contributed by atoms with Crippen LogP contribution in [-0.2, 0) is 9.47 Å². The predicted molar refractivity (Wildman–Crippen MR) is 92.2 cm³/mol. The summed E-state index contributed by atoms with van der Waals surface area (Å²) in [4.78, 5) is 24.7. The molecule has 0 bridgehead atoms. The summed E-state index contributed by atoms with van der Waals surface area (Å²) in [6, 6.07) is 3.27. The van der Waals surface area contributed by atoms with Crippen LogP contribution >= 0.6 is 31.9 Å². The van der Waals surface area contributed by atoms with Gasteiger partial charge in [-0.1, -0.05) is 29.8 Å². The van der Waals surface area contributed by atoms with Gasteiger partial charge in [-0.15, -0.1) is 0 Å². The van der Waals surface area contributed by atoms with Crippen molar-refractivity contribution >= 4 is 43.8 Å². The van der Waals surface area contributed by atoms with Crippen molar-refractivity contribution in [1.82, 2.24) is 0 Å². The van der Waals surface area contributed by atoms with Crippen molar-refractivity contribution in [2.75, 3.05) is 0 Å². The number of carbonyl (C=O) groups is 2. The van der Waals surface area contributed by atoms with E-state index in [1.807, 2.05) is 27.7 Å². The molecule has 2 unspecified atom stereocenters. The summed E-state index contributed by atoms with van der Waals surface area (Å²) in [5, 5.41) is 0. The van der Waals surface area contributed by atoms with Crippen molar-refractivity contribution in [3.63, 3.8) is 0 Å². The van der Waals surface area contributed by atoms with Gasteiger partial charge >= 0.3 is 11.9 Å². The molecule has 0 amide bonds. The average molecular weight is 436 g/mol. The van der Waals surface area contributed by atoms with Crippen LogP contribution in [0.5, 0.6) is 0 Å². The SMILES string of the molecule is CCC(C)OC(=O)c1cc(Br)cc(Br)c1C(=O)OC(C)CC. The van der Waals surface area contributed by atoms with Crippen LogP contribution < -0.4 is 0 Å². The molecule has 0 fully saturated rings. The van der Waals surface area contributed by atoms with Crippen molar-refractivity contribution < 1.29 is 19.1 Å². The molecule has 0 N–H and O–H groups in total. The van der Waals surface area contributed by atoms with Gasteiger partial charge in [0.05, 0.1) is 23.3 Å². The van der Waals surface area contributed by atoms with Gasteiger partial charge in [-0.3, -0.25) is 0 Å². The Labute approximate surface area is 147 Å². The van der Waals surface area contributed by atoms with Gasteiger partial charge in [0.25, 0.3) is 0 Å². The van der Waals surface area contributed by atoms with Crippen molar-refractivity contribution in [1.29, 1.82) is 0 Å². The third kappa shape index (κ3) is 5.09. The van der Waals surface area contributed by atoms with E-state index in [9.17, 15) is 9.59 Å². The second-order valence-electron chi connectivity index (χ2n) is 5.06. The fourth-order valence-corrected chi connectivity index (χ4v) is 2.98. The van der Waals surface area contributed by atoms with Gasteiger partial charge in [-0.2, -0.15) is 0 Å². The first-order valence-corrected chi connectivity index (χ1v) is 8.79. The monoisotopic (exact) mass is 434 g/mol. The molecule has 2 atom stereocenters. The molecule has 0 saturated heterocycles. The van der Waals surface area contributed by atoms with E-state index < -0.39 is 11.9 Å². The lowest BCUT2D eigenvalue weighted by molar-refractivity contribution is 0.0284. The Morgan fingerprint density at radius 2 is 1.50 bits per heavy atom. The van der Waals surface area contributed by atoms with Crippen LogP contribution in [0.1, 0.15) is 61.3 Å². The molecular formula is C16H20Br2O4. The van der Waals surface area contributed by atoms with Gasteiger partial charge in [0, 0.05) is 8.95 Å². The smallest absolute Gasteiger partial charge is 0.340 e. The summed E-state index contributed by atoms with van der Waals surface area (Å²) in [5.74, 6) is -1.07. The second kappa shape index (κ2) is 8.67. The molecule has 22 heavy (non-hydrogen) atoms. The van der Waals surface area contributed by atoms with E-state index in [0.29, 0.717) is 21.8 Å². The first kappa shape index (κ1) is 19.2. The van der Waals surface area contributed by atoms with E-state index in [4.69, 9.17) is 9.47 Å². The second-order valence-corrected chi connectivity index (χ2v) is 6.83. The maximum atomic E-state index is 12.4. The maximum absolute atomic E-state index is 12.4. The first-order chi connectivity index (χ1) is 10.3. The van der Waals surface area contributed by atoms with Gasteiger partial charge in [-0.05, 0) is 54.8 Å². The Kier molecular flexibility index (Phi) is 7.56. The van der Waals surface area contributed by atoms with Gasteiger partial charge in [0.2, 0.25) is 0 Å². The highest BCUT2D eigenvalue weighted by Crippen LogP contribution is 2.28. The molecule has 0 radical (unpaired) electrons. The standard InChI is InChI=1S/C16H20Br2O4/c1-5-9(3)21-15(19)12-7-11(17)8-13(18)14(12)16(20)22-10(4)6-2/h7-10H,5-6H2,1-4H3. The van der Waals surface area contributed by atoms with E-state index in [1.165, 1.54) is 0 Å². The van der Waals surface area contributed by atoms with E-state index in [2.05, 4.69) is 31.9 Å². The quantitative estimate of drug-likeness (QED) is 0.581. The summed E-state index contributed by atoms with van der Waals surface area (Å²) < 4.78 is 11.8. The highest BCUT2D eigenvalue weighted by molar-refractivity contribution is 9.11. The molecule has 0 aliphatic carbocycles. The van der Waals surface area contributed by atoms with E-state index >= 15 is 0 Å². The minimum absolute atomic E-state index is 0.190. The fraction of sp³-hybridized carbons (Fsp3) is 0.500. The molecule has 122 valence electrons. The lowest BCUT2D eigenvalue weighted by atomic mass is 10.1. The summed E-state index contributed by atoms with van der Waals surface area (Å²) >= 11 is 6.65. The summed E-state index contributed by atoms with van der Waals surface area (Å²) in [6.07, 6.45) is 0.963. The molecule has 6 heteroatoms. The molecule has 0 aliphatic rings. The van der Waals surface area contributed by atoms with E-state index in [-0.39, 0.29) is 23.3 Å². The Hall–Kier alpha value is -0.880. The van der Waals surface area contributed by atoms with Gasteiger partial charge < -0.3 is 9.47 Å². The van der Waals surface area contributed by atoms with E-state index in [1.54, 1.807) is 12.1 Å². The molecule has 1 aromatic rings. The molecular weight excluding hydrogens is 416 g/mol. The molecule has 4 nitrogen and oxygen atoms in total. The molecule has 0 saturated carbocycles. The van der Waals surface area contributed by atoms with Crippen molar-refractivity contribution in [2.45, 2.75) is 52.7 Å². The topological polar surface area (TPSA) is 52.6 Å². The molecule has 0 aromatic heterocycles. The molecule has 0 heterocycles. The van der Waals surface area contributed by atoms with Crippen molar-refractivity contribution in [3.05, 3.63) is 32.2 Å². The van der Waals surface area contributed by atoms with Crippen LogP contribution in [0.25, 0.3) is 0 Å². The van der Waals surface area contributed by atoms with Crippen LogP contribution in [0.3, 0.4) is 0 Å². The summed E-state index contributed by atoms with van der Waals surface area (Å²) in [7, 11) is 0. The van der Waals surface area contributed by atoms with Crippen LogP contribution in [0.2, 0.25) is 0 Å². The number of hydrogen-bond donors (Lipinski definition) is 0. The third-order valence-electron chi connectivity index (χ3n) is 3.25. The predicted octanol–water partition coefficient (Wildman–Crippen LogP) is 5.12. The number of hydrogen-bond acceptors (Lipinski definition) is 4. The number of rotatable bonds is 6. The van der Waals surface area contributed by atoms with Crippen molar-refractivity contribution in [3.8, 4) is 0 Å². The lowest BCUT2D eigenvalue weighted by Crippen LogP contribution is -2.21. The van der Waals surface area contributed by atoms with Gasteiger partial charge in [0.1, 0.15) is 0 Å². The lowest BCUT2D eigenvalue weighted by Gasteiger charge is -2.16. The number of halogens is 2. The Balaban J connectivity index is 3.20. The summed E-state index contributed by atoms with van der Waals surface area (Å²) in [5.41, 5.74) is 0.381. The first-order valence-electron chi connectivity index (χ1n) is 7.21. The van der Waals surface area contributed by atoms with Gasteiger partial charge in [0.15, 0.2) is 0 Å². The molecule has 0 aliphatic heterocycles. The number of esters is 2. The van der Waals surface area contributed by atoms with Crippen LogP contribution in [0.4, 0.5) is 0 Å². The highest BCUT2D eigenvalue weighted by atomic mass is 79.9. The van der Waals surface area contributed by atoms with Crippen molar-refractivity contribution in [2.24, 2.45) is 0 Å². The zero-order valence-electron chi connectivity index (χ0n) is 13.1. The van der Waals surface area contributed by atoms with Crippen LogP contribution in [0.15, 0.2) is 21.1 Å². The zero-order valence-corrected chi connectivity index (χ0v) is 16.3. The minimum Gasteiger partial charge on any atom is -0.459 e. The normalized spacial score (nSPS) is 13.4. The summed E-state index contributed by atoms with van der Waals surface area (Å²) in [6.45, 7) is 7.46. The largest absolute Gasteiger partial charge is 0.459 e. The van der Waals surface area contributed by atoms with Crippen LogP contribution in [0, 0.1) is 0 Å². The minimum atomic E-state index is -0.537.